The van der Waals surface area contributed by atoms with Gasteiger partial charge in [-0.3, -0.25) is 0 Å². The van der Waals surface area contributed by atoms with E-state index >= 15 is 0 Å². The van der Waals surface area contributed by atoms with E-state index in [4.69, 9.17) is 4.74 Å². The minimum absolute atomic E-state index is 0.197. The highest BCUT2D eigenvalue weighted by molar-refractivity contribution is 5.80. The summed E-state index contributed by atoms with van der Waals surface area (Å²) in [7, 11) is 0. The van der Waals surface area contributed by atoms with Crippen LogP contribution < -0.4 is 4.90 Å². The van der Waals surface area contributed by atoms with E-state index in [1.165, 1.54) is 0 Å². The minimum atomic E-state index is -0.270. The molecule has 1 atom stereocenters. The molecule has 0 aromatic carbocycles. The van der Waals surface area contributed by atoms with E-state index in [1.54, 1.807) is 0 Å². The smallest absolute Gasteiger partial charge is 0.328 e. The van der Waals surface area contributed by atoms with E-state index in [9.17, 15) is 4.79 Å². The van der Waals surface area contributed by atoms with Crippen molar-refractivity contribution >= 4 is 11.9 Å². The molecule has 6 nitrogen and oxygen atoms in total. The molecular weight excluding hydrogens is 232 g/mol. The van der Waals surface area contributed by atoms with Crippen molar-refractivity contribution in [2.45, 2.75) is 39.7 Å². The Morgan fingerprint density at radius 3 is 2.83 bits per heavy atom. The fourth-order valence-corrected chi connectivity index (χ4v) is 2.06. The van der Waals surface area contributed by atoms with Crippen LogP contribution in [0.4, 0.5) is 5.95 Å². The summed E-state index contributed by atoms with van der Waals surface area (Å²) < 4.78 is 5.07. The van der Waals surface area contributed by atoms with Gasteiger partial charge in [0.2, 0.25) is 5.95 Å². The van der Waals surface area contributed by atoms with Crippen LogP contribution in [-0.4, -0.2) is 40.3 Å². The topological polar surface area (TPSA) is 68.2 Å². The Kier molecular flexibility index (Phi) is 3.74. The van der Waals surface area contributed by atoms with Crippen molar-refractivity contribution in [3.8, 4) is 0 Å². The third kappa shape index (κ3) is 2.42. The predicted octanol–water partition coefficient (Wildman–Crippen LogP) is 1.02. The number of aromatic nitrogens is 3. The summed E-state index contributed by atoms with van der Waals surface area (Å²) in [5.41, 5.74) is 1.65. The number of anilines is 1. The van der Waals surface area contributed by atoms with Gasteiger partial charge in [-0.1, -0.05) is 0 Å². The fraction of sp³-hybridized carbons (Fsp3) is 0.667. The monoisotopic (exact) mass is 250 g/mol. The zero-order valence-electron chi connectivity index (χ0n) is 11.0. The van der Waals surface area contributed by atoms with Gasteiger partial charge in [-0.15, -0.1) is 5.10 Å². The van der Waals surface area contributed by atoms with Gasteiger partial charge in [0.25, 0.3) is 0 Å². The summed E-state index contributed by atoms with van der Waals surface area (Å²) in [5.74, 6) is 0.325. The van der Waals surface area contributed by atoms with Crippen molar-refractivity contribution < 1.29 is 9.53 Å². The third-order valence-corrected chi connectivity index (χ3v) is 3.15. The third-order valence-electron chi connectivity index (χ3n) is 3.15. The zero-order chi connectivity index (χ0) is 13.1. The molecule has 0 radical (unpaired) electrons. The highest BCUT2D eigenvalue weighted by Gasteiger charge is 2.33. The molecule has 1 aromatic heterocycles. The summed E-state index contributed by atoms with van der Waals surface area (Å²) in [6.07, 6.45) is 1.73. The van der Waals surface area contributed by atoms with Crippen molar-refractivity contribution in [3.05, 3.63) is 11.4 Å². The SMILES string of the molecule is CCOC(=O)C1CCCN1c1nnc(C)c(C)n1. The van der Waals surface area contributed by atoms with Gasteiger partial charge in [0.05, 0.1) is 18.0 Å². The number of aryl methyl sites for hydroxylation is 2. The molecular formula is C12H18N4O2. The Hall–Kier alpha value is -1.72. The Bertz CT molecular complexity index is 450. The van der Waals surface area contributed by atoms with Gasteiger partial charge in [-0.2, -0.15) is 5.10 Å². The molecule has 18 heavy (non-hydrogen) atoms. The second-order valence-corrected chi connectivity index (χ2v) is 4.39. The van der Waals surface area contributed by atoms with Crippen LogP contribution in [0.25, 0.3) is 0 Å². The van der Waals surface area contributed by atoms with Crippen LogP contribution in [0, 0.1) is 13.8 Å². The molecule has 2 heterocycles. The Labute approximate surface area is 106 Å². The van der Waals surface area contributed by atoms with Gasteiger partial charge in [0.1, 0.15) is 6.04 Å². The molecule has 2 rings (SSSR count). The minimum Gasteiger partial charge on any atom is -0.464 e. The van der Waals surface area contributed by atoms with Crippen molar-refractivity contribution in [1.29, 1.82) is 0 Å². The maximum atomic E-state index is 11.8. The first kappa shape index (κ1) is 12.7. The molecule has 1 fully saturated rings. The van der Waals surface area contributed by atoms with Gasteiger partial charge < -0.3 is 9.64 Å². The summed E-state index contributed by atoms with van der Waals surface area (Å²) in [5, 5.41) is 8.13. The van der Waals surface area contributed by atoms with Crippen molar-refractivity contribution in [2.24, 2.45) is 0 Å². The molecule has 0 aliphatic carbocycles. The molecule has 0 saturated carbocycles. The number of nitrogens with zero attached hydrogens (tertiary/aromatic N) is 4. The largest absolute Gasteiger partial charge is 0.464 e. The van der Waals surface area contributed by atoms with Crippen LogP contribution >= 0.6 is 0 Å². The Balaban J connectivity index is 2.20. The highest BCUT2D eigenvalue weighted by Crippen LogP contribution is 2.23. The number of ether oxygens (including phenoxy) is 1. The van der Waals surface area contributed by atoms with Crippen LogP contribution in [-0.2, 0) is 9.53 Å². The molecule has 1 saturated heterocycles. The summed E-state index contributed by atoms with van der Waals surface area (Å²) in [6.45, 7) is 6.74. The van der Waals surface area contributed by atoms with Crippen LogP contribution in [0.2, 0.25) is 0 Å². The first-order valence-corrected chi connectivity index (χ1v) is 6.24. The number of hydrogen-bond acceptors (Lipinski definition) is 6. The lowest BCUT2D eigenvalue weighted by Gasteiger charge is -2.22. The van der Waals surface area contributed by atoms with Gasteiger partial charge >= 0.3 is 5.97 Å². The molecule has 1 aromatic rings. The molecule has 1 aliphatic heterocycles. The lowest BCUT2D eigenvalue weighted by atomic mass is 10.2. The quantitative estimate of drug-likeness (QED) is 0.746. The molecule has 1 aliphatic rings. The number of rotatable bonds is 3. The lowest BCUT2D eigenvalue weighted by molar-refractivity contribution is -0.144. The van der Waals surface area contributed by atoms with Crippen molar-refractivity contribution in [1.82, 2.24) is 15.2 Å². The lowest BCUT2D eigenvalue weighted by Crippen LogP contribution is -2.38. The first-order chi connectivity index (χ1) is 8.63. The molecule has 0 bridgehead atoms. The molecule has 1 unspecified atom stereocenters. The maximum absolute atomic E-state index is 11.8. The van der Waals surface area contributed by atoms with Gasteiger partial charge in [0, 0.05) is 6.54 Å². The number of esters is 1. The van der Waals surface area contributed by atoms with Crippen LogP contribution in [0.15, 0.2) is 0 Å². The van der Waals surface area contributed by atoms with Gasteiger partial charge in [-0.25, -0.2) is 9.78 Å². The number of hydrogen-bond donors (Lipinski definition) is 0. The molecule has 0 amide bonds. The van der Waals surface area contributed by atoms with Crippen LogP contribution in [0.1, 0.15) is 31.2 Å². The molecule has 98 valence electrons. The van der Waals surface area contributed by atoms with Crippen LogP contribution in [0.3, 0.4) is 0 Å². The highest BCUT2D eigenvalue weighted by atomic mass is 16.5. The normalized spacial score (nSPS) is 19.1. The summed E-state index contributed by atoms with van der Waals surface area (Å²) in [6, 6.07) is -0.270. The van der Waals surface area contributed by atoms with E-state index in [2.05, 4.69) is 15.2 Å². The van der Waals surface area contributed by atoms with E-state index < -0.39 is 0 Å². The van der Waals surface area contributed by atoms with E-state index in [-0.39, 0.29) is 12.0 Å². The van der Waals surface area contributed by atoms with Gasteiger partial charge in [0.15, 0.2) is 0 Å². The molecule has 0 spiro atoms. The second kappa shape index (κ2) is 5.29. The number of carbonyl (C=O) groups is 1. The predicted molar refractivity (Wildman–Crippen MR) is 66.3 cm³/mol. The van der Waals surface area contributed by atoms with Gasteiger partial charge in [-0.05, 0) is 33.6 Å². The average Bonchev–Trinajstić information content (AvgIpc) is 2.82. The molecule has 0 N–H and O–H groups in total. The van der Waals surface area contributed by atoms with E-state index in [1.807, 2.05) is 25.7 Å². The standard InChI is InChI=1S/C12H18N4O2/c1-4-18-11(17)10-6-5-7-16(10)12-13-8(2)9(3)14-15-12/h10H,4-7H2,1-3H3. The Morgan fingerprint density at radius 1 is 1.39 bits per heavy atom. The second-order valence-electron chi connectivity index (χ2n) is 4.39. The fourth-order valence-electron chi connectivity index (χ4n) is 2.06. The average molecular weight is 250 g/mol. The molecule has 6 heteroatoms. The number of carbonyl (C=O) groups excluding carboxylic acids is 1. The first-order valence-electron chi connectivity index (χ1n) is 6.24. The summed E-state index contributed by atoms with van der Waals surface area (Å²) >= 11 is 0. The van der Waals surface area contributed by atoms with Crippen molar-refractivity contribution in [2.75, 3.05) is 18.1 Å². The summed E-state index contributed by atoms with van der Waals surface area (Å²) in [4.78, 5) is 18.1. The maximum Gasteiger partial charge on any atom is 0.328 e. The van der Waals surface area contributed by atoms with Crippen molar-refractivity contribution in [3.63, 3.8) is 0 Å². The van der Waals surface area contributed by atoms with Crippen LogP contribution in [0.5, 0.6) is 0 Å². The van der Waals surface area contributed by atoms with E-state index in [0.29, 0.717) is 12.6 Å². The Morgan fingerprint density at radius 2 is 2.17 bits per heavy atom. The zero-order valence-corrected chi connectivity index (χ0v) is 11.0. The van der Waals surface area contributed by atoms with E-state index in [0.717, 1.165) is 30.8 Å².